The molecule has 3 aromatic rings. The van der Waals surface area contributed by atoms with Gasteiger partial charge in [-0.2, -0.15) is 5.10 Å². The molecule has 7 heteroatoms. The van der Waals surface area contributed by atoms with Gasteiger partial charge in [0.15, 0.2) is 5.69 Å². The SMILES string of the molecule is Cc1cc(C(=O)NCc2ccc(N3CC(C)OC(C)C3)c(F)c2)nn1-c1ccccc1. The number of nitrogens with one attached hydrogen (secondary N) is 1. The fourth-order valence-corrected chi connectivity index (χ4v) is 3.98. The van der Waals surface area contributed by atoms with Crippen molar-refractivity contribution in [2.75, 3.05) is 18.0 Å². The van der Waals surface area contributed by atoms with Gasteiger partial charge in [0.25, 0.3) is 5.91 Å². The van der Waals surface area contributed by atoms with E-state index in [1.54, 1.807) is 16.8 Å². The van der Waals surface area contributed by atoms with Crippen LogP contribution in [0.25, 0.3) is 5.69 Å². The van der Waals surface area contributed by atoms with Crippen molar-refractivity contribution in [3.8, 4) is 5.69 Å². The molecule has 6 nitrogen and oxygen atoms in total. The number of amides is 1. The third-order valence-corrected chi connectivity index (χ3v) is 5.35. The number of anilines is 1. The normalized spacial score (nSPS) is 18.8. The van der Waals surface area contributed by atoms with Gasteiger partial charge in [-0.1, -0.05) is 24.3 Å². The molecule has 1 aromatic heterocycles. The van der Waals surface area contributed by atoms with Crippen LogP contribution >= 0.6 is 0 Å². The number of halogens is 1. The Balaban J connectivity index is 1.41. The first kappa shape index (κ1) is 21.1. The van der Waals surface area contributed by atoms with Gasteiger partial charge in [0, 0.05) is 25.3 Å². The van der Waals surface area contributed by atoms with Crippen LogP contribution in [0.2, 0.25) is 0 Å². The first-order chi connectivity index (χ1) is 14.9. The van der Waals surface area contributed by atoms with Crippen LogP contribution in [0, 0.1) is 12.7 Å². The summed E-state index contributed by atoms with van der Waals surface area (Å²) < 4.78 is 22.2. The predicted octanol–water partition coefficient (Wildman–Crippen LogP) is 3.86. The van der Waals surface area contributed by atoms with E-state index in [-0.39, 0.29) is 30.5 Å². The van der Waals surface area contributed by atoms with Crippen LogP contribution in [-0.4, -0.2) is 41.0 Å². The molecule has 2 aromatic carbocycles. The number of para-hydroxylation sites is 1. The van der Waals surface area contributed by atoms with Crippen molar-refractivity contribution in [3.63, 3.8) is 0 Å². The number of benzene rings is 2. The van der Waals surface area contributed by atoms with Crippen LogP contribution in [0.1, 0.15) is 35.6 Å². The molecule has 1 N–H and O–H groups in total. The quantitative estimate of drug-likeness (QED) is 0.678. The van der Waals surface area contributed by atoms with Crippen LogP contribution in [0.4, 0.5) is 10.1 Å². The van der Waals surface area contributed by atoms with Crippen molar-refractivity contribution >= 4 is 11.6 Å². The van der Waals surface area contributed by atoms with Gasteiger partial charge < -0.3 is 15.0 Å². The zero-order chi connectivity index (χ0) is 22.0. The van der Waals surface area contributed by atoms with Crippen LogP contribution in [-0.2, 0) is 11.3 Å². The molecule has 4 rings (SSSR count). The molecule has 2 heterocycles. The van der Waals surface area contributed by atoms with E-state index in [0.29, 0.717) is 30.0 Å². The van der Waals surface area contributed by atoms with Gasteiger partial charge >= 0.3 is 0 Å². The molecule has 0 spiro atoms. The maximum Gasteiger partial charge on any atom is 0.272 e. The van der Waals surface area contributed by atoms with Crippen LogP contribution in [0.15, 0.2) is 54.6 Å². The summed E-state index contributed by atoms with van der Waals surface area (Å²) in [5, 5.41) is 7.24. The van der Waals surface area contributed by atoms with Crippen molar-refractivity contribution in [1.82, 2.24) is 15.1 Å². The number of aromatic nitrogens is 2. The highest BCUT2D eigenvalue weighted by atomic mass is 19.1. The summed E-state index contributed by atoms with van der Waals surface area (Å²) >= 11 is 0. The topological polar surface area (TPSA) is 59.4 Å². The summed E-state index contributed by atoms with van der Waals surface area (Å²) in [6.07, 6.45) is 0.113. The molecular formula is C24H27FN4O2. The van der Waals surface area contributed by atoms with Crippen molar-refractivity contribution < 1.29 is 13.9 Å². The molecule has 162 valence electrons. The minimum absolute atomic E-state index is 0.0567. The Kier molecular flexibility index (Phi) is 6.04. The largest absolute Gasteiger partial charge is 0.372 e. The van der Waals surface area contributed by atoms with Gasteiger partial charge in [-0.25, -0.2) is 9.07 Å². The Labute approximate surface area is 181 Å². The van der Waals surface area contributed by atoms with Gasteiger partial charge in [0.2, 0.25) is 0 Å². The van der Waals surface area contributed by atoms with Crippen molar-refractivity contribution in [3.05, 3.63) is 77.4 Å². The second-order valence-electron chi connectivity index (χ2n) is 8.05. The van der Waals surface area contributed by atoms with E-state index in [9.17, 15) is 9.18 Å². The van der Waals surface area contributed by atoms with Gasteiger partial charge in [0.1, 0.15) is 5.82 Å². The highest BCUT2D eigenvalue weighted by molar-refractivity contribution is 5.92. The molecule has 0 radical (unpaired) electrons. The van der Waals surface area contributed by atoms with Gasteiger partial charge in [-0.05, 0) is 56.7 Å². The molecule has 0 saturated carbocycles. The van der Waals surface area contributed by atoms with E-state index in [4.69, 9.17) is 4.74 Å². The molecule has 0 aliphatic carbocycles. The maximum absolute atomic E-state index is 14.8. The highest BCUT2D eigenvalue weighted by Gasteiger charge is 2.24. The Morgan fingerprint density at radius 1 is 1.13 bits per heavy atom. The number of carbonyl (C=O) groups excluding carboxylic acids is 1. The fourth-order valence-electron chi connectivity index (χ4n) is 3.98. The monoisotopic (exact) mass is 422 g/mol. The second kappa shape index (κ2) is 8.89. The number of rotatable bonds is 5. The summed E-state index contributed by atoms with van der Waals surface area (Å²) in [4.78, 5) is 14.6. The van der Waals surface area contributed by atoms with Crippen LogP contribution in [0.5, 0.6) is 0 Å². The smallest absolute Gasteiger partial charge is 0.272 e. The summed E-state index contributed by atoms with van der Waals surface area (Å²) in [6, 6.07) is 16.5. The highest BCUT2D eigenvalue weighted by Crippen LogP contribution is 2.24. The van der Waals surface area contributed by atoms with E-state index in [0.717, 1.165) is 11.4 Å². The lowest BCUT2D eigenvalue weighted by Gasteiger charge is -2.37. The molecule has 2 atom stereocenters. The lowest BCUT2D eigenvalue weighted by molar-refractivity contribution is -0.00539. The average Bonchev–Trinajstić information content (AvgIpc) is 3.13. The van der Waals surface area contributed by atoms with E-state index in [2.05, 4.69) is 10.4 Å². The molecule has 1 aliphatic rings. The molecule has 1 fully saturated rings. The zero-order valence-electron chi connectivity index (χ0n) is 18.0. The number of nitrogens with zero attached hydrogens (tertiary/aromatic N) is 3. The Morgan fingerprint density at radius 2 is 1.84 bits per heavy atom. The van der Waals surface area contributed by atoms with Crippen LogP contribution in [0.3, 0.4) is 0 Å². The van der Waals surface area contributed by atoms with Gasteiger partial charge in [0.05, 0.1) is 23.6 Å². The minimum Gasteiger partial charge on any atom is -0.372 e. The number of morpholine rings is 1. The standard InChI is InChI=1S/C24H27FN4O2/c1-16-11-22(27-29(16)20-7-5-4-6-8-20)24(30)26-13-19-9-10-23(21(25)12-19)28-14-17(2)31-18(3)15-28/h4-12,17-18H,13-15H2,1-3H3,(H,26,30). The summed E-state index contributed by atoms with van der Waals surface area (Å²) in [6.45, 7) is 7.42. The maximum atomic E-state index is 14.8. The zero-order valence-corrected chi connectivity index (χ0v) is 18.0. The molecule has 31 heavy (non-hydrogen) atoms. The average molecular weight is 423 g/mol. The van der Waals surface area contributed by atoms with Crippen LogP contribution < -0.4 is 10.2 Å². The minimum atomic E-state index is -0.294. The third kappa shape index (κ3) is 4.77. The fraction of sp³-hybridized carbons (Fsp3) is 0.333. The number of aryl methyl sites for hydroxylation is 1. The van der Waals surface area contributed by atoms with E-state index in [1.165, 1.54) is 6.07 Å². The van der Waals surface area contributed by atoms with Gasteiger partial charge in [-0.15, -0.1) is 0 Å². The molecule has 0 bridgehead atoms. The lowest BCUT2D eigenvalue weighted by atomic mass is 10.1. The number of ether oxygens (including phenoxy) is 1. The van der Waals surface area contributed by atoms with E-state index in [1.807, 2.05) is 62.1 Å². The Bertz CT molecular complexity index is 1060. The van der Waals surface area contributed by atoms with E-state index < -0.39 is 0 Å². The Hall–Kier alpha value is -3.19. The number of hydrogen-bond donors (Lipinski definition) is 1. The number of carbonyl (C=O) groups is 1. The van der Waals surface area contributed by atoms with Crippen molar-refractivity contribution in [2.24, 2.45) is 0 Å². The first-order valence-corrected chi connectivity index (χ1v) is 10.5. The first-order valence-electron chi connectivity index (χ1n) is 10.5. The van der Waals surface area contributed by atoms with Crippen molar-refractivity contribution in [2.45, 2.75) is 39.5 Å². The van der Waals surface area contributed by atoms with Gasteiger partial charge in [-0.3, -0.25) is 4.79 Å². The molecule has 1 saturated heterocycles. The molecule has 1 amide bonds. The summed E-state index contributed by atoms with van der Waals surface area (Å²) in [5.41, 5.74) is 3.34. The summed E-state index contributed by atoms with van der Waals surface area (Å²) in [7, 11) is 0. The molecule has 2 unspecified atom stereocenters. The summed E-state index contributed by atoms with van der Waals surface area (Å²) in [5.74, 6) is -0.588. The Morgan fingerprint density at radius 3 is 2.52 bits per heavy atom. The number of hydrogen-bond acceptors (Lipinski definition) is 4. The van der Waals surface area contributed by atoms with Crippen molar-refractivity contribution in [1.29, 1.82) is 0 Å². The lowest BCUT2D eigenvalue weighted by Crippen LogP contribution is -2.45. The predicted molar refractivity (Wildman–Crippen MR) is 118 cm³/mol. The second-order valence-corrected chi connectivity index (χ2v) is 8.05. The third-order valence-electron chi connectivity index (χ3n) is 5.35. The molecule has 1 aliphatic heterocycles. The van der Waals surface area contributed by atoms with E-state index >= 15 is 0 Å². The molecular weight excluding hydrogens is 395 g/mol.